The molecule has 0 amide bonds. The van der Waals surface area contributed by atoms with Crippen molar-refractivity contribution in [3.8, 4) is 28.0 Å². The lowest BCUT2D eigenvalue weighted by Crippen LogP contribution is -2.01. The van der Waals surface area contributed by atoms with Gasteiger partial charge in [0.2, 0.25) is 0 Å². The third-order valence-corrected chi connectivity index (χ3v) is 6.42. The second-order valence-electron chi connectivity index (χ2n) is 9.17. The van der Waals surface area contributed by atoms with Gasteiger partial charge in [0.25, 0.3) is 0 Å². The third kappa shape index (κ3) is 8.02. The highest BCUT2D eigenvalue weighted by molar-refractivity contribution is 5.83. The standard InChI is InChI=1S/C32H42O2/c1-4-6-8-9-10-13-25-34-30-22-20-29(21-23-30)32-15-12-11-14-31(32)28-18-16-27(17-19-28)26(3)33-24-7-5-2/h11-12,14-23,26H,4-10,13,24-25H2,1-3H3. The van der Waals surface area contributed by atoms with E-state index in [4.69, 9.17) is 9.47 Å². The van der Waals surface area contributed by atoms with E-state index in [0.717, 1.165) is 38.2 Å². The molecule has 0 heterocycles. The van der Waals surface area contributed by atoms with Gasteiger partial charge in [0.15, 0.2) is 0 Å². The molecule has 0 saturated carbocycles. The maximum atomic E-state index is 5.98. The van der Waals surface area contributed by atoms with Gasteiger partial charge >= 0.3 is 0 Å². The molecule has 1 unspecified atom stereocenters. The predicted molar refractivity (Wildman–Crippen MR) is 145 cm³/mol. The minimum atomic E-state index is 0.125. The number of hydrogen-bond acceptors (Lipinski definition) is 2. The smallest absolute Gasteiger partial charge is 0.119 e. The zero-order valence-electron chi connectivity index (χ0n) is 21.4. The first-order valence-corrected chi connectivity index (χ1v) is 13.3. The van der Waals surface area contributed by atoms with Crippen LogP contribution < -0.4 is 4.74 Å². The average molecular weight is 459 g/mol. The summed E-state index contributed by atoms with van der Waals surface area (Å²) in [4.78, 5) is 0. The summed E-state index contributed by atoms with van der Waals surface area (Å²) < 4.78 is 11.9. The Hall–Kier alpha value is -2.58. The lowest BCUT2D eigenvalue weighted by Gasteiger charge is -2.15. The van der Waals surface area contributed by atoms with Crippen LogP contribution in [0.15, 0.2) is 72.8 Å². The zero-order valence-corrected chi connectivity index (χ0v) is 21.4. The summed E-state index contributed by atoms with van der Waals surface area (Å²) in [6.45, 7) is 8.20. The Morgan fingerprint density at radius 2 is 1.15 bits per heavy atom. The van der Waals surface area contributed by atoms with Crippen molar-refractivity contribution in [3.05, 3.63) is 78.4 Å². The van der Waals surface area contributed by atoms with Crippen molar-refractivity contribution in [1.29, 1.82) is 0 Å². The number of unbranched alkanes of at least 4 members (excludes halogenated alkanes) is 6. The summed E-state index contributed by atoms with van der Waals surface area (Å²) in [6.07, 6.45) is 10.1. The van der Waals surface area contributed by atoms with E-state index in [1.54, 1.807) is 0 Å². The van der Waals surface area contributed by atoms with E-state index >= 15 is 0 Å². The Morgan fingerprint density at radius 1 is 0.588 bits per heavy atom. The van der Waals surface area contributed by atoms with Gasteiger partial charge < -0.3 is 9.47 Å². The maximum Gasteiger partial charge on any atom is 0.119 e. The molecule has 0 aliphatic carbocycles. The molecular formula is C32H42O2. The van der Waals surface area contributed by atoms with Crippen molar-refractivity contribution in [2.24, 2.45) is 0 Å². The van der Waals surface area contributed by atoms with Gasteiger partial charge in [-0.15, -0.1) is 0 Å². The summed E-state index contributed by atoms with van der Waals surface area (Å²) in [7, 11) is 0. The van der Waals surface area contributed by atoms with Gasteiger partial charge in [-0.25, -0.2) is 0 Å². The fourth-order valence-electron chi connectivity index (χ4n) is 4.22. The molecule has 0 bridgehead atoms. The molecule has 182 valence electrons. The molecule has 3 aromatic rings. The van der Waals surface area contributed by atoms with Crippen molar-refractivity contribution >= 4 is 0 Å². The van der Waals surface area contributed by atoms with Crippen LogP contribution >= 0.6 is 0 Å². The molecule has 0 spiro atoms. The second kappa shape index (κ2) is 14.6. The van der Waals surface area contributed by atoms with Crippen LogP contribution in [0.3, 0.4) is 0 Å². The van der Waals surface area contributed by atoms with Crippen molar-refractivity contribution in [3.63, 3.8) is 0 Å². The Bertz CT molecular complexity index is 944. The molecule has 0 aliphatic heterocycles. The molecule has 1 atom stereocenters. The fourth-order valence-corrected chi connectivity index (χ4v) is 4.22. The molecule has 3 rings (SSSR count). The van der Waals surface area contributed by atoms with E-state index in [-0.39, 0.29) is 6.10 Å². The van der Waals surface area contributed by atoms with Gasteiger partial charge in [0.1, 0.15) is 5.75 Å². The Labute approximate surface area is 207 Å². The zero-order chi connectivity index (χ0) is 24.0. The first-order chi connectivity index (χ1) is 16.7. The summed E-state index contributed by atoms with van der Waals surface area (Å²) in [5.74, 6) is 0.955. The SMILES string of the molecule is CCCCCCCCOc1ccc(-c2ccccc2-c2ccc(C(C)OCCCC)cc2)cc1. The first kappa shape index (κ1) is 26.0. The van der Waals surface area contributed by atoms with E-state index in [9.17, 15) is 0 Å². The normalized spacial score (nSPS) is 12.0. The minimum absolute atomic E-state index is 0.125. The van der Waals surface area contributed by atoms with Gasteiger partial charge in [-0.05, 0) is 59.7 Å². The van der Waals surface area contributed by atoms with Gasteiger partial charge in [-0.2, -0.15) is 0 Å². The molecule has 0 aliphatic rings. The monoisotopic (exact) mass is 458 g/mol. The number of ether oxygens (including phenoxy) is 2. The first-order valence-electron chi connectivity index (χ1n) is 13.3. The van der Waals surface area contributed by atoms with E-state index in [0.29, 0.717) is 0 Å². The van der Waals surface area contributed by atoms with E-state index in [1.165, 1.54) is 59.9 Å². The van der Waals surface area contributed by atoms with Crippen LogP contribution in [0.2, 0.25) is 0 Å². The van der Waals surface area contributed by atoms with Crippen LogP contribution in [-0.2, 0) is 4.74 Å². The summed E-state index contributed by atoms with van der Waals surface area (Å²) in [6, 6.07) is 26.0. The fraction of sp³-hybridized carbons (Fsp3) is 0.438. The third-order valence-electron chi connectivity index (χ3n) is 6.42. The number of hydrogen-bond donors (Lipinski definition) is 0. The highest BCUT2D eigenvalue weighted by Gasteiger charge is 2.10. The Kier molecular flexibility index (Phi) is 11.2. The lowest BCUT2D eigenvalue weighted by atomic mass is 9.94. The summed E-state index contributed by atoms with van der Waals surface area (Å²) in [5.41, 5.74) is 6.15. The molecule has 0 saturated heterocycles. The average Bonchev–Trinajstić information content (AvgIpc) is 2.89. The highest BCUT2D eigenvalue weighted by Crippen LogP contribution is 2.33. The van der Waals surface area contributed by atoms with Crippen LogP contribution in [0, 0.1) is 0 Å². The highest BCUT2D eigenvalue weighted by atomic mass is 16.5. The van der Waals surface area contributed by atoms with Gasteiger partial charge in [-0.1, -0.05) is 113 Å². The van der Waals surface area contributed by atoms with Gasteiger partial charge in [0, 0.05) is 6.61 Å². The largest absolute Gasteiger partial charge is 0.494 e. The van der Waals surface area contributed by atoms with Crippen LogP contribution in [0.4, 0.5) is 0 Å². The predicted octanol–water partition coefficient (Wildman–Crippen LogP) is 9.64. The van der Waals surface area contributed by atoms with E-state index < -0.39 is 0 Å². The van der Waals surface area contributed by atoms with E-state index in [1.807, 2.05) is 0 Å². The summed E-state index contributed by atoms with van der Waals surface area (Å²) >= 11 is 0. The molecule has 2 heteroatoms. The van der Waals surface area contributed by atoms with Crippen molar-refractivity contribution in [2.45, 2.75) is 78.2 Å². The lowest BCUT2D eigenvalue weighted by molar-refractivity contribution is 0.0637. The minimum Gasteiger partial charge on any atom is -0.494 e. The van der Waals surface area contributed by atoms with Crippen molar-refractivity contribution < 1.29 is 9.47 Å². The van der Waals surface area contributed by atoms with Crippen molar-refractivity contribution in [2.75, 3.05) is 13.2 Å². The second-order valence-corrected chi connectivity index (χ2v) is 9.17. The van der Waals surface area contributed by atoms with Crippen LogP contribution in [0.25, 0.3) is 22.3 Å². The van der Waals surface area contributed by atoms with Crippen LogP contribution in [-0.4, -0.2) is 13.2 Å². The molecule has 0 N–H and O–H groups in total. The number of benzene rings is 3. The summed E-state index contributed by atoms with van der Waals surface area (Å²) in [5, 5.41) is 0. The van der Waals surface area contributed by atoms with Gasteiger partial charge in [-0.3, -0.25) is 0 Å². The Morgan fingerprint density at radius 3 is 1.76 bits per heavy atom. The van der Waals surface area contributed by atoms with Crippen LogP contribution in [0.1, 0.15) is 83.8 Å². The molecule has 2 nitrogen and oxygen atoms in total. The van der Waals surface area contributed by atoms with Gasteiger partial charge in [0.05, 0.1) is 12.7 Å². The van der Waals surface area contributed by atoms with Crippen molar-refractivity contribution in [1.82, 2.24) is 0 Å². The molecule has 34 heavy (non-hydrogen) atoms. The Balaban J connectivity index is 1.61. The maximum absolute atomic E-state index is 5.98. The molecular weight excluding hydrogens is 416 g/mol. The molecule has 0 radical (unpaired) electrons. The topological polar surface area (TPSA) is 18.5 Å². The molecule has 0 fully saturated rings. The molecule has 3 aromatic carbocycles. The number of rotatable bonds is 15. The molecule has 0 aromatic heterocycles. The van der Waals surface area contributed by atoms with Crippen LogP contribution in [0.5, 0.6) is 5.75 Å². The quantitative estimate of drug-likeness (QED) is 0.211. The van der Waals surface area contributed by atoms with E-state index in [2.05, 4.69) is 93.6 Å².